The summed E-state index contributed by atoms with van der Waals surface area (Å²) in [4.78, 5) is 6.11. The normalized spacial score (nSPS) is 19.2. The highest BCUT2D eigenvalue weighted by atomic mass is 32.1. The van der Waals surface area contributed by atoms with Crippen molar-refractivity contribution in [3.63, 3.8) is 0 Å². The quantitative estimate of drug-likeness (QED) is 0.100. The van der Waals surface area contributed by atoms with Crippen LogP contribution in [0.3, 0.4) is 0 Å². The van der Waals surface area contributed by atoms with Crippen molar-refractivity contribution < 1.29 is 81.2 Å². The fraction of sp³-hybridized carbons (Fsp3) is 0.231. The van der Waals surface area contributed by atoms with E-state index in [1.807, 2.05) is 0 Å². The fourth-order valence-corrected chi connectivity index (χ4v) is 18.8. The van der Waals surface area contributed by atoms with E-state index in [9.17, 15) is 52.1 Å². The Labute approximate surface area is 914 Å². The summed E-state index contributed by atoms with van der Waals surface area (Å²) in [6, 6.07) is -35.1. The van der Waals surface area contributed by atoms with Crippen LogP contribution in [0.2, 0.25) is 0 Å². The molecule has 140 heavy (non-hydrogen) atoms. The first-order valence-corrected chi connectivity index (χ1v) is 46.4. The molecule has 0 saturated heterocycles. The zero-order valence-electron chi connectivity index (χ0n) is 137. The number of rotatable bonds is 14. The zero-order valence-corrected chi connectivity index (χ0v) is 81.9. The third kappa shape index (κ3) is 16.4. The second-order valence-corrected chi connectivity index (χ2v) is 43.0. The van der Waals surface area contributed by atoms with E-state index in [0.717, 1.165) is 37.0 Å². The zero-order chi connectivity index (χ0) is 147. The van der Waals surface area contributed by atoms with Crippen molar-refractivity contribution in [2.45, 2.75) is 196 Å². The van der Waals surface area contributed by atoms with Crippen molar-refractivity contribution in [1.82, 2.24) is 0 Å². The molecule has 0 fully saturated rings. The maximum absolute atomic E-state index is 10.9. The molecule has 2 aromatic heterocycles. The minimum atomic E-state index is -2.09. The van der Waals surface area contributed by atoms with Crippen LogP contribution in [-0.4, -0.2) is 13.4 Å². The van der Waals surface area contributed by atoms with Gasteiger partial charge in [0.2, 0.25) is 5.88 Å². The maximum Gasteiger partial charge on any atom is 0.257 e. The number of thiophene rings is 1. The van der Waals surface area contributed by atoms with E-state index in [0.29, 0.717) is 0 Å². The van der Waals surface area contributed by atoms with Crippen molar-refractivity contribution in [2.75, 3.05) is 29.4 Å². The summed E-state index contributed by atoms with van der Waals surface area (Å²) < 4.78 is 541. The SMILES string of the molecule is [2H]c1c([2H])c([2H])c(N(c2cc3c4c(c2)N(c2c([2H])c([2H])c(C(C)(C)C)c([2H])c2[2H])c2c([2H])c(C(C)(C)c5c([2H])c([2H])c([2H])c([2H])c5[2H])c([2H])c([2H])c2B4c2c(sc4c([2H])c(C(C)(C)C)c([2H])c([2H])c24)N3c2c([2H])c([2H])c(C(C)(C)C)c([2H])c2[2H])c2c([2H])c([2H])c([2H])c([2H])c2[2H])c([2H])c1[2H].[2H]c1cc(C(C)(C)c2c([2H])c([2H])c([2H])c([2H])c2[2H])cc2c1B1c3c(cc(N(c4c([2H])c([2H])c([2H])c([2H])c4[2H])c4c([2H])c([2H])c([2H])c([2H])c4[2H])cc3N(c3c([2H])c([2H])c(C(C)(C)C)c([2H])c3[2H])c3oc4c([2H])c(C(C)(C)C)c([2H])c([2H])c4c31)N2c1c([2H])c([2H])c(C(C)(C)C)c([2H])c1[2H]. The predicted molar refractivity (Wildman–Crippen MR) is 605 cm³/mol. The van der Waals surface area contributed by atoms with Crippen LogP contribution in [0.25, 0.3) is 21.1 Å². The molecule has 0 radical (unpaired) electrons. The van der Waals surface area contributed by atoms with Crippen LogP contribution in [-0.2, 0) is 43.3 Å². The first-order chi connectivity index (χ1) is 90.1. The Morgan fingerprint density at radius 2 is 0.571 bits per heavy atom. The van der Waals surface area contributed by atoms with Crippen LogP contribution in [0.1, 0.15) is 285 Å². The number of nitrogens with zero attached hydrogens (tertiary/aromatic N) is 6. The van der Waals surface area contributed by atoms with Crippen molar-refractivity contribution in [2.24, 2.45) is 0 Å². The molecule has 0 atom stereocenters. The molecule has 18 aromatic rings. The summed E-state index contributed by atoms with van der Waals surface area (Å²) in [6.07, 6.45) is 0. The Balaban J connectivity index is 0.000000216. The molecular formula is C130H128B2N6OS. The molecule has 4 aliphatic heterocycles. The number of fused-ring (bicyclic) bond motifs is 12. The molecule has 0 spiro atoms. The molecule has 696 valence electrons. The highest BCUT2D eigenvalue weighted by Crippen LogP contribution is 2.56. The lowest BCUT2D eigenvalue weighted by Crippen LogP contribution is -2.61. The molecule has 0 N–H and O–H groups in total. The Bertz CT molecular complexity index is 11000. The van der Waals surface area contributed by atoms with Crippen molar-refractivity contribution in [3.8, 4) is 0 Å². The predicted octanol–water partition coefficient (Wildman–Crippen LogP) is 32.9. The van der Waals surface area contributed by atoms with Gasteiger partial charge in [0.15, 0.2) is 0 Å². The van der Waals surface area contributed by atoms with E-state index >= 15 is 0 Å². The van der Waals surface area contributed by atoms with Gasteiger partial charge in [-0.2, -0.15) is 0 Å². The highest BCUT2D eigenvalue weighted by Gasteiger charge is 2.50. The van der Waals surface area contributed by atoms with Gasteiger partial charge >= 0.3 is 0 Å². The molecular weight excluding hydrogens is 1720 g/mol. The first kappa shape index (κ1) is 48.2. The molecule has 10 heteroatoms. The van der Waals surface area contributed by atoms with Crippen molar-refractivity contribution in [1.29, 1.82) is 0 Å². The first-order valence-electron chi connectivity index (χ1n) is 73.5. The molecule has 6 heterocycles. The average Bonchev–Trinajstić information content (AvgIpc) is 1.40. The lowest BCUT2D eigenvalue weighted by atomic mass is 9.33. The Morgan fingerprint density at radius 3 is 0.979 bits per heavy atom. The van der Waals surface area contributed by atoms with E-state index in [4.69, 9.17) is 29.1 Å². The summed E-state index contributed by atoms with van der Waals surface area (Å²) in [5.74, 6) is -0.453. The number of hydrogen-bond acceptors (Lipinski definition) is 8. The molecule has 16 aromatic carbocycles. The van der Waals surface area contributed by atoms with Gasteiger partial charge in [-0.3, -0.25) is 4.90 Å². The topological polar surface area (TPSA) is 32.6 Å². The molecule has 22 rings (SSSR count). The van der Waals surface area contributed by atoms with Gasteiger partial charge in [0.25, 0.3) is 13.4 Å². The van der Waals surface area contributed by atoms with Gasteiger partial charge in [-0.25, -0.2) is 0 Å². The summed E-state index contributed by atoms with van der Waals surface area (Å²) in [7, 11) is 0. The van der Waals surface area contributed by atoms with Gasteiger partial charge in [-0.05, 0) is 266 Å². The largest absolute Gasteiger partial charge is 0.440 e. The summed E-state index contributed by atoms with van der Waals surface area (Å²) in [5.41, 5.74) is -22.1. The van der Waals surface area contributed by atoms with Crippen LogP contribution in [0.15, 0.2) is 379 Å². The Kier molecular flexibility index (Phi) is 11.9. The van der Waals surface area contributed by atoms with Crippen molar-refractivity contribution >= 4 is 180 Å². The monoisotopic (exact) mass is 1900 g/mol. The van der Waals surface area contributed by atoms with Gasteiger partial charge in [-0.15, -0.1) is 11.3 Å². The van der Waals surface area contributed by atoms with E-state index in [2.05, 4.69) is 0 Å². The minimum Gasteiger partial charge on any atom is -0.440 e. The average molecular weight is 1900 g/mol. The third-order valence-electron chi connectivity index (χ3n) is 25.3. The van der Waals surface area contributed by atoms with Gasteiger partial charge in [-0.1, -0.05) is 382 Å². The second-order valence-electron chi connectivity index (χ2n) is 42.0. The van der Waals surface area contributed by atoms with Gasteiger partial charge < -0.3 is 28.9 Å². The number of benzene rings is 16. The maximum atomic E-state index is 10.9. The van der Waals surface area contributed by atoms with E-state index in [1.165, 1.54) is 67.8 Å². The number of anilines is 18. The molecule has 7 nitrogen and oxygen atoms in total. The minimum absolute atomic E-state index is 0.0176. The Morgan fingerprint density at radius 1 is 0.250 bits per heavy atom. The molecule has 4 aliphatic rings. The van der Waals surface area contributed by atoms with Crippen molar-refractivity contribution in [3.05, 3.63) is 430 Å². The van der Waals surface area contributed by atoms with E-state index in [-0.39, 0.29) is 127 Å². The van der Waals surface area contributed by atoms with E-state index in [1.54, 1.807) is 125 Å². The van der Waals surface area contributed by atoms with Gasteiger partial charge in [0.05, 0.1) is 93.1 Å². The summed E-state index contributed by atoms with van der Waals surface area (Å²) >= 11 is 0.773. The van der Waals surface area contributed by atoms with Crippen LogP contribution in [0.4, 0.5) is 102 Å². The molecule has 0 bridgehead atoms. The fourth-order valence-electron chi connectivity index (χ4n) is 17.6. The Hall–Kier alpha value is -14.1. The summed E-state index contributed by atoms with van der Waals surface area (Å²) in [5, 5.41) is -0.538. The highest BCUT2D eigenvalue weighted by molar-refractivity contribution is 7.26. The van der Waals surface area contributed by atoms with Crippen LogP contribution < -0.4 is 62.2 Å². The smallest absolute Gasteiger partial charge is 0.257 e. The van der Waals surface area contributed by atoms with Crippen LogP contribution in [0, 0.1) is 0 Å². The van der Waals surface area contributed by atoms with Gasteiger partial charge in [0, 0.05) is 106 Å². The molecule has 0 unspecified atom stereocenters. The molecule has 0 aliphatic carbocycles. The standard InChI is InChI=1S/C65H64BN3O.C65H64BN3S/c2*1-62(2,3)43-27-33-50(34-28-43)68-55-39-47(65(10,11)45-21-15-12-16-22-45)32-38-54(55)66-59-53-37-31-46(64(7,8)9)40-58(53)70-61(59)69(51-35-29-44(30-36-51)63(4,5)6)57-42-52(41-56(68)60(57)66)67(48-23-17-13-18-24-48)49-25-19-14-20-26-49/h2*12-42H,1-11H3/i12D,13D,14D,15D,16D,17D,18D,19D,20D,21D,22D,23D,24D,25D,26D,27D,28D,29D,30D,31D,33D,34D,35D,36D,37D,38D,40D;12D,13D,14D,15D,16D,17D,18D,19D,20D,21D,22D,23D,24D,25D,26D,27D,28D,29D,30D,31D,32D,33D,34D,35D,36D,37D,38D,39D,40D. The molecule has 0 amide bonds. The number of hydrogen-bond donors (Lipinski definition) is 0. The molecule has 0 saturated carbocycles. The number of para-hydroxylation sites is 4. The lowest BCUT2D eigenvalue weighted by Gasteiger charge is -2.44. The lowest BCUT2D eigenvalue weighted by molar-refractivity contribution is 0.584. The van der Waals surface area contributed by atoms with Crippen LogP contribution >= 0.6 is 11.3 Å². The summed E-state index contributed by atoms with van der Waals surface area (Å²) in [6.45, 7) is 32.6. The van der Waals surface area contributed by atoms with Gasteiger partial charge in [0.1, 0.15) is 5.58 Å². The van der Waals surface area contributed by atoms with E-state index < -0.39 is 480 Å². The second kappa shape index (κ2) is 34.5. The van der Waals surface area contributed by atoms with Crippen LogP contribution in [0.5, 0.6) is 0 Å². The third-order valence-corrected chi connectivity index (χ3v) is 26.4. The number of furan rings is 1.